The number of aromatic amines is 1. The van der Waals surface area contributed by atoms with E-state index in [1.54, 1.807) is 23.1 Å². The Morgan fingerprint density at radius 3 is 2.74 bits per heavy atom. The van der Waals surface area contributed by atoms with Crippen LogP contribution in [0.3, 0.4) is 0 Å². The van der Waals surface area contributed by atoms with E-state index in [2.05, 4.69) is 61.5 Å². The lowest BCUT2D eigenvalue weighted by Crippen LogP contribution is -2.49. The molecule has 0 amide bonds. The lowest BCUT2D eigenvalue weighted by molar-refractivity contribution is 0.171. The highest BCUT2D eigenvalue weighted by Crippen LogP contribution is 2.32. The van der Waals surface area contributed by atoms with Crippen LogP contribution in [0.25, 0.3) is 21.1 Å². The summed E-state index contributed by atoms with van der Waals surface area (Å²) in [7, 11) is 1.65. The van der Waals surface area contributed by atoms with E-state index in [4.69, 9.17) is 9.72 Å². The van der Waals surface area contributed by atoms with E-state index in [1.165, 1.54) is 10.3 Å². The van der Waals surface area contributed by atoms with Crippen LogP contribution in [0.5, 0.6) is 0 Å². The second-order valence-corrected chi connectivity index (χ2v) is 10.5. The van der Waals surface area contributed by atoms with Crippen LogP contribution in [-0.4, -0.2) is 75.0 Å². The summed E-state index contributed by atoms with van der Waals surface area (Å²) in [4.78, 5) is 26.0. The standard InChI is InChI=1S/C27H30N8O2S/c1-3-18-8-9-21-19(16-18)17-20(26(36)28-21)24(25-30-31-32-35(25)14-15-37-2)33-10-12-34(13-11-33)27-29-22-6-4-5-7-23(22)38-27/h4-9,16-17,24H,3,10-15H2,1-2H3,(H,28,36)/t24-/m1/s1. The summed E-state index contributed by atoms with van der Waals surface area (Å²) in [6.45, 7) is 6.18. The van der Waals surface area contributed by atoms with Gasteiger partial charge in [-0.15, -0.1) is 5.10 Å². The first-order chi connectivity index (χ1) is 18.6. The van der Waals surface area contributed by atoms with Crippen LogP contribution < -0.4 is 10.5 Å². The number of para-hydroxylation sites is 1. The van der Waals surface area contributed by atoms with Crippen molar-refractivity contribution in [3.8, 4) is 0 Å². The van der Waals surface area contributed by atoms with Crippen LogP contribution in [0.2, 0.25) is 0 Å². The monoisotopic (exact) mass is 530 g/mol. The van der Waals surface area contributed by atoms with Gasteiger partial charge >= 0.3 is 0 Å². The Morgan fingerprint density at radius 1 is 1.11 bits per heavy atom. The number of H-pyrrole nitrogens is 1. The molecule has 196 valence electrons. The summed E-state index contributed by atoms with van der Waals surface area (Å²) >= 11 is 1.72. The molecule has 0 spiro atoms. The van der Waals surface area contributed by atoms with Crippen LogP contribution in [0.15, 0.2) is 53.3 Å². The molecule has 11 heteroatoms. The Morgan fingerprint density at radius 2 is 1.95 bits per heavy atom. The van der Waals surface area contributed by atoms with Gasteiger partial charge in [-0.2, -0.15) is 0 Å². The molecule has 1 N–H and O–H groups in total. The van der Waals surface area contributed by atoms with Crippen molar-refractivity contribution in [3.05, 3.63) is 75.8 Å². The van der Waals surface area contributed by atoms with Crippen LogP contribution in [0.1, 0.15) is 29.9 Å². The number of hydrogen-bond donors (Lipinski definition) is 1. The van der Waals surface area contributed by atoms with E-state index in [-0.39, 0.29) is 5.56 Å². The van der Waals surface area contributed by atoms with Gasteiger partial charge in [-0.25, -0.2) is 9.67 Å². The number of ether oxygens (including phenoxy) is 1. The van der Waals surface area contributed by atoms with Crippen molar-refractivity contribution in [2.24, 2.45) is 0 Å². The zero-order valence-corrected chi connectivity index (χ0v) is 22.3. The van der Waals surface area contributed by atoms with Crippen molar-refractivity contribution in [1.82, 2.24) is 35.1 Å². The first kappa shape index (κ1) is 24.7. The van der Waals surface area contributed by atoms with Crippen molar-refractivity contribution in [3.63, 3.8) is 0 Å². The van der Waals surface area contributed by atoms with Crippen molar-refractivity contribution in [2.45, 2.75) is 25.9 Å². The molecule has 0 bridgehead atoms. The molecule has 10 nitrogen and oxygen atoms in total. The average Bonchev–Trinajstić information content (AvgIpc) is 3.60. The predicted octanol–water partition coefficient (Wildman–Crippen LogP) is 3.24. The normalized spacial score (nSPS) is 15.5. The number of rotatable bonds is 8. The lowest BCUT2D eigenvalue weighted by Gasteiger charge is -2.38. The molecule has 5 aromatic rings. The summed E-state index contributed by atoms with van der Waals surface area (Å²) in [6, 6.07) is 16.0. The number of anilines is 1. The average molecular weight is 531 g/mol. The fourth-order valence-electron chi connectivity index (χ4n) is 5.11. The van der Waals surface area contributed by atoms with Gasteiger partial charge in [0.2, 0.25) is 0 Å². The number of thiazole rings is 1. The molecule has 2 aromatic carbocycles. The predicted molar refractivity (Wildman–Crippen MR) is 149 cm³/mol. The zero-order valence-electron chi connectivity index (χ0n) is 21.5. The van der Waals surface area contributed by atoms with Gasteiger partial charge in [0.25, 0.3) is 5.56 Å². The van der Waals surface area contributed by atoms with Gasteiger partial charge < -0.3 is 14.6 Å². The van der Waals surface area contributed by atoms with E-state index >= 15 is 0 Å². The van der Waals surface area contributed by atoms with Gasteiger partial charge in [-0.05, 0) is 58.1 Å². The molecule has 0 unspecified atom stereocenters. The fraction of sp³-hybridized carbons (Fsp3) is 0.370. The largest absolute Gasteiger partial charge is 0.383 e. The number of hydrogen-bond acceptors (Lipinski definition) is 9. The van der Waals surface area contributed by atoms with Gasteiger partial charge in [0.1, 0.15) is 6.04 Å². The second-order valence-electron chi connectivity index (χ2n) is 9.47. The number of methoxy groups -OCH3 is 1. The van der Waals surface area contributed by atoms with E-state index in [9.17, 15) is 4.79 Å². The van der Waals surface area contributed by atoms with Crippen molar-refractivity contribution in [2.75, 3.05) is 44.8 Å². The Kier molecular flexibility index (Phi) is 6.88. The molecule has 6 rings (SSSR count). The number of piperazine rings is 1. The second kappa shape index (κ2) is 10.6. The van der Waals surface area contributed by atoms with Gasteiger partial charge in [0.05, 0.1) is 23.4 Å². The summed E-state index contributed by atoms with van der Waals surface area (Å²) < 4.78 is 8.22. The van der Waals surface area contributed by atoms with E-state index in [0.29, 0.717) is 24.5 Å². The number of aromatic nitrogens is 6. The van der Waals surface area contributed by atoms with Crippen LogP contribution in [0.4, 0.5) is 5.13 Å². The molecular formula is C27H30N8O2S. The molecular weight excluding hydrogens is 500 g/mol. The summed E-state index contributed by atoms with van der Waals surface area (Å²) in [6.07, 6.45) is 0.927. The zero-order chi connectivity index (χ0) is 26.1. The third-order valence-corrected chi connectivity index (χ3v) is 8.28. The summed E-state index contributed by atoms with van der Waals surface area (Å²) in [5.74, 6) is 0.645. The maximum Gasteiger partial charge on any atom is 0.253 e. The third-order valence-electron chi connectivity index (χ3n) is 7.18. The van der Waals surface area contributed by atoms with Gasteiger partial charge in [0.15, 0.2) is 11.0 Å². The molecule has 0 saturated carbocycles. The number of fused-ring (bicyclic) bond motifs is 2. The molecule has 1 atom stereocenters. The molecule has 1 saturated heterocycles. The summed E-state index contributed by atoms with van der Waals surface area (Å²) in [5.41, 5.74) is 3.60. The minimum absolute atomic E-state index is 0.123. The maximum absolute atomic E-state index is 13.5. The topological polar surface area (TPSA) is 105 Å². The highest BCUT2D eigenvalue weighted by atomic mass is 32.1. The quantitative estimate of drug-likeness (QED) is 0.326. The van der Waals surface area contributed by atoms with Crippen LogP contribution in [0, 0.1) is 0 Å². The molecule has 0 radical (unpaired) electrons. The smallest absolute Gasteiger partial charge is 0.253 e. The number of benzene rings is 2. The number of aryl methyl sites for hydroxylation is 1. The molecule has 1 aliphatic heterocycles. The Hall–Kier alpha value is -3.67. The number of pyridine rings is 1. The molecule has 38 heavy (non-hydrogen) atoms. The highest BCUT2D eigenvalue weighted by Gasteiger charge is 2.33. The maximum atomic E-state index is 13.5. The minimum atomic E-state index is -0.391. The lowest BCUT2D eigenvalue weighted by atomic mass is 10.0. The Bertz CT molecular complexity index is 1590. The summed E-state index contributed by atoms with van der Waals surface area (Å²) in [5, 5.41) is 14.6. The minimum Gasteiger partial charge on any atom is -0.383 e. The molecule has 1 fully saturated rings. The van der Waals surface area contributed by atoms with Crippen LogP contribution >= 0.6 is 11.3 Å². The SMILES string of the molecule is CCc1ccc2[nH]c(=O)c([C@H](c3nnnn3CCOC)N3CCN(c4nc5ccccc5s4)CC3)cc2c1. The van der Waals surface area contributed by atoms with E-state index in [0.717, 1.165) is 54.2 Å². The van der Waals surface area contributed by atoms with Crippen LogP contribution in [-0.2, 0) is 17.7 Å². The van der Waals surface area contributed by atoms with E-state index < -0.39 is 6.04 Å². The first-order valence-corrected chi connectivity index (χ1v) is 13.7. The van der Waals surface area contributed by atoms with Gasteiger partial charge in [0, 0.05) is 44.4 Å². The van der Waals surface area contributed by atoms with Gasteiger partial charge in [-0.1, -0.05) is 36.5 Å². The van der Waals surface area contributed by atoms with Crippen molar-refractivity contribution >= 4 is 37.6 Å². The molecule has 3 aromatic heterocycles. The Labute approximate surface area is 223 Å². The Balaban J connectivity index is 1.35. The number of tetrazole rings is 1. The molecule has 4 heterocycles. The number of nitrogens with one attached hydrogen (secondary N) is 1. The third kappa shape index (κ3) is 4.68. The van der Waals surface area contributed by atoms with Crippen molar-refractivity contribution in [1.29, 1.82) is 0 Å². The first-order valence-electron chi connectivity index (χ1n) is 12.9. The van der Waals surface area contributed by atoms with Crippen molar-refractivity contribution < 1.29 is 4.74 Å². The highest BCUT2D eigenvalue weighted by molar-refractivity contribution is 7.22. The fourth-order valence-corrected chi connectivity index (χ4v) is 6.12. The molecule has 0 aliphatic carbocycles. The number of nitrogens with zero attached hydrogens (tertiary/aromatic N) is 7. The van der Waals surface area contributed by atoms with Gasteiger partial charge in [-0.3, -0.25) is 9.69 Å². The van der Waals surface area contributed by atoms with E-state index in [1.807, 2.05) is 24.3 Å². The molecule has 1 aliphatic rings.